The van der Waals surface area contributed by atoms with Gasteiger partial charge in [0.05, 0.1) is 22.6 Å². The van der Waals surface area contributed by atoms with Gasteiger partial charge in [-0.15, -0.1) is 11.0 Å². The van der Waals surface area contributed by atoms with Gasteiger partial charge < -0.3 is 11.1 Å². The molecule has 0 spiro atoms. The summed E-state index contributed by atoms with van der Waals surface area (Å²) in [7, 11) is 0. The number of hydrogen-bond donors (Lipinski definition) is 2. The van der Waals surface area contributed by atoms with E-state index in [1.807, 2.05) is 60.0 Å². The standard InChI is InChI=1S/C25H21N7O/c1-3-9-17-10-7-13-19-21(17)32(18-11-5-4-6-12-18)23(29-19)16(2)28-25(33)20-22(26)30-31-15-8-14-27-24(20)31/h4-8,10-16H,1-2H3,(H2,26,30)(H,28,33)/t16-/m1/s1. The fourth-order valence-corrected chi connectivity index (χ4v) is 3.96. The van der Waals surface area contributed by atoms with Crippen molar-refractivity contribution in [3.8, 4) is 17.5 Å². The molecule has 0 bridgehead atoms. The summed E-state index contributed by atoms with van der Waals surface area (Å²) in [5.41, 5.74) is 10.2. The highest BCUT2D eigenvalue weighted by Crippen LogP contribution is 2.28. The van der Waals surface area contributed by atoms with Crippen molar-refractivity contribution in [2.75, 3.05) is 5.73 Å². The van der Waals surface area contributed by atoms with Crippen molar-refractivity contribution < 1.29 is 4.79 Å². The third-order valence-corrected chi connectivity index (χ3v) is 5.36. The largest absolute Gasteiger partial charge is 0.381 e. The minimum atomic E-state index is -0.439. The minimum Gasteiger partial charge on any atom is -0.381 e. The molecular formula is C25H21N7O. The van der Waals surface area contributed by atoms with E-state index in [-0.39, 0.29) is 17.3 Å². The lowest BCUT2D eigenvalue weighted by Gasteiger charge is -2.16. The quantitative estimate of drug-likeness (QED) is 0.421. The van der Waals surface area contributed by atoms with Crippen LogP contribution in [0.2, 0.25) is 0 Å². The van der Waals surface area contributed by atoms with Crippen molar-refractivity contribution in [3.05, 3.63) is 83.9 Å². The normalized spacial score (nSPS) is 11.8. The molecule has 33 heavy (non-hydrogen) atoms. The van der Waals surface area contributed by atoms with Crippen LogP contribution in [0.1, 0.15) is 41.6 Å². The summed E-state index contributed by atoms with van der Waals surface area (Å²) in [6.07, 6.45) is 3.30. The van der Waals surface area contributed by atoms with Crippen LogP contribution in [0.5, 0.6) is 0 Å². The molecule has 0 aliphatic heterocycles. The molecule has 0 unspecified atom stereocenters. The molecule has 1 atom stereocenters. The number of hydrogen-bond acceptors (Lipinski definition) is 5. The van der Waals surface area contributed by atoms with Crippen molar-refractivity contribution in [1.82, 2.24) is 29.5 Å². The van der Waals surface area contributed by atoms with Gasteiger partial charge in [-0.3, -0.25) is 9.36 Å². The zero-order valence-corrected chi connectivity index (χ0v) is 18.1. The molecule has 3 heterocycles. The van der Waals surface area contributed by atoms with Crippen LogP contribution in [0, 0.1) is 11.8 Å². The van der Waals surface area contributed by atoms with Crippen LogP contribution in [0.15, 0.2) is 67.0 Å². The maximum Gasteiger partial charge on any atom is 0.259 e. The number of fused-ring (bicyclic) bond motifs is 2. The van der Waals surface area contributed by atoms with E-state index >= 15 is 0 Å². The predicted molar refractivity (Wildman–Crippen MR) is 127 cm³/mol. The summed E-state index contributed by atoms with van der Waals surface area (Å²) in [6.45, 7) is 3.69. The highest BCUT2D eigenvalue weighted by Gasteiger charge is 2.25. The van der Waals surface area contributed by atoms with Gasteiger partial charge in [0.15, 0.2) is 11.5 Å². The SMILES string of the molecule is CC#Cc1cccc2nc([C@@H](C)NC(=O)c3c(N)nn4cccnc34)n(-c3ccccc3)c12. The molecule has 0 aliphatic carbocycles. The van der Waals surface area contributed by atoms with Crippen molar-refractivity contribution in [2.45, 2.75) is 19.9 Å². The highest BCUT2D eigenvalue weighted by molar-refractivity contribution is 6.04. The predicted octanol–water partition coefficient (Wildman–Crippen LogP) is 3.51. The van der Waals surface area contributed by atoms with Crippen molar-refractivity contribution >= 4 is 28.4 Å². The lowest BCUT2D eigenvalue weighted by Crippen LogP contribution is -2.29. The Morgan fingerprint density at radius 1 is 1.12 bits per heavy atom. The summed E-state index contributed by atoms with van der Waals surface area (Å²) < 4.78 is 3.53. The average molecular weight is 435 g/mol. The summed E-state index contributed by atoms with van der Waals surface area (Å²) >= 11 is 0. The molecule has 8 heteroatoms. The number of imidazole rings is 1. The van der Waals surface area contributed by atoms with Crippen LogP contribution in [0.25, 0.3) is 22.4 Å². The van der Waals surface area contributed by atoms with Crippen LogP contribution in [0.3, 0.4) is 0 Å². The van der Waals surface area contributed by atoms with Gasteiger partial charge in [0.25, 0.3) is 5.91 Å². The molecule has 5 aromatic rings. The molecule has 3 N–H and O–H groups in total. The number of aromatic nitrogens is 5. The number of carbonyl (C=O) groups excluding carboxylic acids is 1. The Balaban J connectivity index is 1.62. The zero-order chi connectivity index (χ0) is 22.9. The first-order chi connectivity index (χ1) is 16.1. The van der Waals surface area contributed by atoms with Gasteiger partial charge in [-0.2, -0.15) is 0 Å². The van der Waals surface area contributed by atoms with E-state index in [0.717, 1.165) is 22.3 Å². The summed E-state index contributed by atoms with van der Waals surface area (Å²) in [5, 5.41) is 7.20. The molecule has 1 amide bonds. The monoisotopic (exact) mass is 435 g/mol. The number of carbonyl (C=O) groups is 1. The van der Waals surface area contributed by atoms with E-state index in [0.29, 0.717) is 11.5 Å². The van der Waals surface area contributed by atoms with Gasteiger partial charge in [0, 0.05) is 18.1 Å². The lowest BCUT2D eigenvalue weighted by atomic mass is 10.1. The van der Waals surface area contributed by atoms with E-state index in [4.69, 9.17) is 10.7 Å². The average Bonchev–Trinajstić information content (AvgIpc) is 3.38. The maximum absolute atomic E-state index is 13.2. The molecule has 3 aromatic heterocycles. The minimum absolute atomic E-state index is 0.121. The molecule has 162 valence electrons. The van der Waals surface area contributed by atoms with Crippen molar-refractivity contribution in [1.29, 1.82) is 0 Å². The Hall–Kier alpha value is -4.64. The first kappa shape index (κ1) is 20.3. The van der Waals surface area contributed by atoms with Crippen LogP contribution in [-0.4, -0.2) is 30.1 Å². The van der Waals surface area contributed by atoms with Crippen molar-refractivity contribution in [2.24, 2.45) is 0 Å². The lowest BCUT2D eigenvalue weighted by molar-refractivity contribution is 0.0940. The molecule has 0 fully saturated rings. The Labute approximate surface area is 190 Å². The number of benzene rings is 2. The molecule has 2 aromatic carbocycles. The third-order valence-electron chi connectivity index (χ3n) is 5.36. The smallest absolute Gasteiger partial charge is 0.259 e. The van der Waals surface area contributed by atoms with Crippen LogP contribution in [0.4, 0.5) is 5.82 Å². The van der Waals surface area contributed by atoms with Gasteiger partial charge in [0.2, 0.25) is 0 Å². The zero-order valence-electron chi connectivity index (χ0n) is 18.1. The third kappa shape index (κ3) is 3.46. The maximum atomic E-state index is 13.2. The van der Waals surface area contributed by atoms with Crippen molar-refractivity contribution in [3.63, 3.8) is 0 Å². The number of nitrogens with one attached hydrogen (secondary N) is 1. The Kier molecular flexibility index (Phi) is 4.99. The Bertz CT molecular complexity index is 1550. The van der Waals surface area contributed by atoms with Gasteiger partial charge >= 0.3 is 0 Å². The first-order valence-electron chi connectivity index (χ1n) is 10.5. The summed E-state index contributed by atoms with van der Waals surface area (Å²) in [5.74, 6) is 6.58. The second-order valence-electron chi connectivity index (χ2n) is 7.53. The first-order valence-corrected chi connectivity index (χ1v) is 10.5. The van der Waals surface area contributed by atoms with E-state index < -0.39 is 6.04 Å². The topological polar surface area (TPSA) is 103 Å². The summed E-state index contributed by atoms with van der Waals surface area (Å²) in [4.78, 5) is 22.3. The number of rotatable bonds is 4. The second kappa shape index (κ2) is 8.13. The molecule has 5 rings (SSSR count). The highest BCUT2D eigenvalue weighted by atomic mass is 16.1. The number of amides is 1. The number of nitrogens with two attached hydrogens (primary N) is 1. The number of para-hydroxylation sites is 2. The molecule has 0 radical (unpaired) electrons. The molecule has 0 saturated heterocycles. The molecule has 0 aliphatic rings. The van der Waals surface area contributed by atoms with Gasteiger partial charge in [-0.25, -0.2) is 14.5 Å². The second-order valence-corrected chi connectivity index (χ2v) is 7.53. The van der Waals surface area contributed by atoms with E-state index in [9.17, 15) is 4.79 Å². The molecular weight excluding hydrogens is 414 g/mol. The fourth-order valence-electron chi connectivity index (χ4n) is 3.96. The van der Waals surface area contributed by atoms with Gasteiger partial charge in [-0.05, 0) is 44.2 Å². The molecule has 0 saturated carbocycles. The Morgan fingerprint density at radius 3 is 2.73 bits per heavy atom. The number of nitrogen functional groups attached to an aromatic ring is 1. The van der Waals surface area contributed by atoms with Crippen LogP contribution >= 0.6 is 0 Å². The number of anilines is 1. The summed E-state index contributed by atoms with van der Waals surface area (Å²) in [6, 6.07) is 17.0. The Morgan fingerprint density at radius 2 is 1.94 bits per heavy atom. The fraction of sp³-hybridized carbons (Fsp3) is 0.120. The number of nitrogens with zero attached hydrogens (tertiary/aromatic N) is 5. The van der Waals surface area contributed by atoms with Crippen LogP contribution < -0.4 is 11.1 Å². The van der Waals surface area contributed by atoms with E-state index in [1.165, 1.54) is 4.52 Å². The van der Waals surface area contributed by atoms with Gasteiger partial charge in [0.1, 0.15) is 11.4 Å². The van der Waals surface area contributed by atoms with E-state index in [1.54, 1.807) is 25.4 Å². The molecule has 8 nitrogen and oxygen atoms in total. The van der Waals surface area contributed by atoms with Crippen LogP contribution in [-0.2, 0) is 0 Å². The van der Waals surface area contributed by atoms with Gasteiger partial charge in [-0.1, -0.05) is 30.2 Å². The van der Waals surface area contributed by atoms with E-state index in [2.05, 4.69) is 27.2 Å².